The number of halogens is 1. The molecule has 0 aliphatic heterocycles. The molecule has 0 aromatic heterocycles. The van der Waals surface area contributed by atoms with E-state index >= 15 is 0 Å². The summed E-state index contributed by atoms with van der Waals surface area (Å²) in [4.78, 5) is 27.4. The zero-order valence-electron chi connectivity index (χ0n) is 19.2. The van der Waals surface area contributed by atoms with E-state index in [0.717, 1.165) is 0 Å². The molecule has 174 valence electrons. The Balaban J connectivity index is 2.24. The van der Waals surface area contributed by atoms with Gasteiger partial charge in [0.1, 0.15) is 29.1 Å². The lowest BCUT2D eigenvalue weighted by molar-refractivity contribution is -0.143. The molecule has 8 heteroatoms. The molecule has 32 heavy (non-hydrogen) atoms. The van der Waals surface area contributed by atoms with Crippen LogP contribution in [0.25, 0.3) is 0 Å². The van der Waals surface area contributed by atoms with Gasteiger partial charge in [-0.15, -0.1) is 0 Å². The third kappa shape index (κ3) is 7.14. The summed E-state index contributed by atoms with van der Waals surface area (Å²) in [6.07, 6.45) is 0.415. The number of nitrogens with one attached hydrogen (secondary N) is 1. The quantitative estimate of drug-likeness (QED) is 0.571. The zero-order valence-corrected chi connectivity index (χ0v) is 19.2. The van der Waals surface area contributed by atoms with Gasteiger partial charge in [-0.1, -0.05) is 19.1 Å². The van der Waals surface area contributed by atoms with Crippen LogP contribution in [-0.4, -0.2) is 49.6 Å². The Morgan fingerprint density at radius 3 is 2.06 bits per heavy atom. The van der Waals surface area contributed by atoms with Crippen LogP contribution in [0, 0.1) is 5.82 Å². The molecule has 2 amide bonds. The van der Waals surface area contributed by atoms with Crippen LogP contribution >= 0.6 is 0 Å². The van der Waals surface area contributed by atoms with Crippen molar-refractivity contribution in [3.63, 3.8) is 0 Å². The summed E-state index contributed by atoms with van der Waals surface area (Å²) in [7, 11) is 3.04. The van der Waals surface area contributed by atoms with Gasteiger partial charge in [0.2, 0.25) is 5.91 Å². The van der Waals surface area contributed by atoms with Crippen LogP contribution in [0.2, 0.25) is 0 Å². The first-order chi connectivity index (χ1) is 15.3. The van der Waals surface area contributed by atoms with E-state index in [0.29, 0.717) is 29.2 Å². The van der Waals surface area contributed by atoms with Gasteiger partial charge in [-0.25, -0.2) is 4.39 Å². The first kappa shape index (κ1) is 25.0. The van der Waals surface area contributed by atoms with E-state index in [4.69, 9.17) is 14.2 Å². The average molecular weight is 447 g/mol. The molecule has 0 aliphatic rings. The molecule has 2 rings (SSSR count). The lowest BCUT2D eigenvalue weighted by Crippen LogP contribution is -2.51. The molecule has 0 saturated carbocycles. The second-order valence-electron chi connectivity index (χ2n) is 7.57. The van der Waals surface area contributed by atoms with Gasteiger partial charge >= 0.3 is 0 Å². The maximum absolute atomic E-state index is 13.3. The predicted molar refractivity (Wildman–Crippen MR) is 119 cm³/mol. The predicted octanol–water partition coefficient (Wildman–Crippen LogP) is 3.55. The van der Waals surface area contributed by atoms with Crippen LogP contribution < -0.4 is 19.5 Å². The molecular formula is C24H31FN2O5. The van der Waals surface area contributed by atoms with E-state index in [2.05, 4.69) is 5.32 Å². The monoisotopic (exact) mass is 446 g/mol. The van der Waals surface area contributed by atoms with Crippen LogP contribution in [0.4, 0.5) is 4.39 Å². The summed E-state index contributed by atoms with van der Waals surface area (Å²) in [5.41, 5.74) is 0.707. The summed E-state index contributed by atoms with van der Waals surface area (Å²) in [6, 6.07) is 10.0. The fourth-order valence-electron chi connectivity index (χ4n) is 3.18. The summed E-state index contributed by atoms with van der Waals surface area (Å²) >= 11 is 0. The number of hydrogen-bond donors (Lipinski definition) is 1. The van der Waals surface area contributed by atoms with Crippen LogP contribution in [0.15, 0.2) is 42.5 Å². The molecule has 1 atom stereocenters. The normalized spacial score (nSPS) is 11.6. The Morgan fingerprint density at radius 1 is 1.00 bits per heavy atom. The van der Waals surface area contributed by atoms with Crippen molar-refractivity contribution in [1.82, 2.24) is 10.2 Å². The molecular weight excluding hydrogens is 415 g/mol. The lowest BCUT2D eigenvalue weighted by atomic mass is 10.1. The highest BCUT2D eigenvalue weighted by molar-refractivity contribution is 5.88. The molecule has 0 unspecified atom stereocenters. The Kier molecular flexibility index (Phi) is 9.31. The summed E-state index contributed by atoms with van der Waals surface area (Å²) in [6.45, 7) is 5.41. The number of amides is 2. The fourth-order valence-corrected chi connectivity index (χ4v) is 3.18. The molecule has 2 aromatic carbocycles. The SMILES string of the molecule is CC[C@H](C(=O)NC(C)C)N(Cc1ccc(F)cc1)C(=O)COc1cc(OC)cc(OC)c1. The Labute approximate surface area is 188 Å². The molecule has 7 nitrogen and oxygen atoms in total. The first-order valence-corrected chi connectivity index (χ1v) is 10.5. The van der Waals surface area contributed by atoms with E-state index in [1.165, 1.54) is 31.3 Å². The van der Waals surface area contributed by atoms with E-state index in [1.54, 1.807) is 30.3 Å². The molecule has 0 spiro atoms. The highest BCUT2D eigenvalue weighted by atomic mass is 19.1. The Hall–Kier alpha value is -3.29. The molecule has 1 N–H and O–H groups in total. The summed E-state index contributed by atoms with van der Waals surface area (Å²) < 4.78 is 29.5. The van der Waals surface area contributed by atoms with Crippen molar-refractivity contribution in [3.8, 4) is 17.2 Å². The van der Waals surface area contributed by atoms with Gasteiger partial charge in [0, 0.05) is 30.8 Å². The maximum atomic E-state index is 13.3. The standard InChI is InChI=1S/C24H31FN2O5/c1-6-22(24(29)26-16(2)3)27(14-17-7-9-18(25)10-8-17)23(28)15-32-21-12-19(30-4)11-20(13-21)31-5/h7-13,16,22H,6,14-15H2,1-5H3,(H,26,29)/t22-/m1/s1. The van der Waals surface area contributed by atoms with E-state index < -0.39 is 6.04 Å². The van der Waals surface area contributed by atoms with Gasteiger partial charge in [-0.3, -0.25) is 9.59 Å². The van der Waals surface area contributed by atoms with Crippen LogP contribution in [0.1, 0.15) is 32.8 Å². The topological polar surface area (TPSA) is 77.1 Å². The van der Waals surface area contributed by atoms with Crippen molar-refractivity contribution < 1.29 is 28.2 Å². The molecule has 0 bridgehead atoms. The number of rotatable bonds is 11. The number of benzene rings is 2. The van der Waals surface area contributed by atoms with Gasteiger partial charge < -0.3 is 24.4 Å². The van der Waals surface area contributed by atoms with E-state index in [1.807, 2.05) is 20.8 Å². The molecule has 0 radical (unpaired) electrons. The van der Waals surface area contributed by atoms with Crippen molar-refractivity contribution >= 4 is 11.8 Å². The molecule has 0 aliphatic carbocycles. The van der Waals surface area contributed by atoms with Gasteiger partial charge in [-0.05, 0) is 38.0 Å². The highest BCUT2D eigenvalue weighted by Gasteiger charge is 2.29. The number of carbonyl (C=O) groups excluding carboxylic acids is 2. The van der Waals surface area contributed by atoms with Gasteiger partial charge in [0.15, 0.2) is 6.61 Å². The number of hydrogen-bond acceptors (Lipinski definition) is 5. The van der Waals surface area contributed by atoms with Crippen LogP contribution in [0.5, 0.6) is 17.2 Å². The number of ether oxygens (including phenoxy) is 3. The highest BCUT2D eigenvalue weighted by Crippen LogP contribution is 2.27. The molecule has 0 heterocycles. The minimum Gasteiger partial charge on any atom is -0.496 e. The van der Waals surface area contributed by atoms with Gasteiger partial charge in [0.05, 0.1) is 14.2 Å². The van der Waals surface area contributed by atoms with Crippen molar-refractivity contribution in [2.45, 2.75) is 45.8 Å². The third-order valence-electron chi connectivity index (χ3n) is 4.77. The number of methoxy groups -OCH3 is 2. The minimum absolute atomic E-state index is 0.0696. The minimum atomic E-state index is -0.696. The number of nitrogens with zero attached hydrogens (tertiary/aromatic N) is 1. The Bertz CT molecular complexity index is 880. The molecule has 2 aromatic rings. The molecule has 0 fully saturated rings. The van der Waals surface area contributed by atoms with E-state index in [9.17, 15) is 14.0 Å². The fraction of sp³-hybridized carbons (Fsp3) is 0.417. The summed E-state index contributed by atoms with van der Waals surface area (Å²) in [5, 5.41) is 2.86. The van der Waals surface area contributed by atoms with Gasteiger partial charge in [0.25, 0.3) is 5.91 Å². The van der Waals surface area contributed by atoms with Crippen molar-refractivity contribution in [1.29, 1.82) is 0 Å². The van der Waals surface area contributed by atoms with Crippen molar-refractivity contribution in [2.75, 3.05) is 20.8 Å². The van der Waals surface area contributed by atoms with Crippen molar-refractivity contribution in [2.24, 2.45) is 0 Å². The second kappa shape index (κ2) is 11.9. The van der Waals surface area contributed by atoms with Crippen molar-refractivity contribution in [3.05, 3.63) is 53.8 Å². The van der Waals surface area contributed by atoms with Gasteiger partial charge in [-0.2, -0.15) is 0 Å². The Morgan fingerprint density at radius 2 is 1.56 bits per heavy atom. The smallest absolute Gasteiger partial charge is 0.261 e. The average Bonchev–Trinajstić information content (AvgIpc) is 2.77. The largest absolute Gasteiger partial charge is 0.496 e. The summed E-state index contributed by atoms with van der Waals surface area (Å²) in [5.74, 6) is 0.459. The first-order valence-electron chi connectivity index (χ1n) is 10.5. The lowest BCUT2D eigenvalue weighted by Gasteiger charge is -2.31. The second-order valence-corrected chi connectivity index (χ2v) is 7.57. The van der Waals surface area contributed by atoms with Crippen LogP contribution in [-0.2, 0) is 16.1 Å². The van der Waals surface area contributed by atoms with E-state index in [-0.39, 0.29) is 36.8 Å². The number of carbonyl (C=O) groups is 2. The molecule has 0 saturated heterocycles. The van der Waals surface area contributed by atoms with Crippen LogP contribution in [0.3, 0.4) is 0 Å². The maximum Gasteiger partial charge on any atom is 0.261 e. The zero-order chi connectivity index (χ0) is 23.7. The third-order valence-corrected chi connectivity index (χ3v) is 4.77.